The molecule has 104 valence electrons. The molecule has 0 aromatic heterocycles. The fourth-order valence-electron chi connectivity index (χ4n) is 2.77. The van der Waals surface area contributed by atoms with Gasteiger partial charge in [0, 0.05) is 15.6 Å². The highest BCUT2D eigenvalue weighted by Gasteiger charge is 2.23. The Morgan fingerprint density at radius 3 is 2.75 bits per heavy atom. The molecule has 1 unspecified atom stereocenters. The molecule has 2 nitrogen and oxygen atoms in total. The van der Waals surface area contributed by atoms with Crippen molar-refractivity contribution >= 4 is 22.6 Å². The summed E-state index contributed by atoms with van der Waals surface area (Å²) >= 11 is 2.41. The van der Waals surface area contributed by atoms with Crippen LogP contribution < -0.4 is 10.1 Å². The van der Waals surface area contributed by atoms with E-state index < -0.39 is 0 Å². The lowest BCUT2D eigenvalue weighted by molar-refractivity contribution is 0.350. The first-order chi connectivity index (χ1) is 9.81. The number of nitrogens with one attached hydrogen (secondary N) is 1. The number of ether oxygens (including phenoxy) is 1. The normalized spacial score (nSPS) is 14.7. The molecule has 0 amide bonds. The van der Waals surface area contributed by atoms with Gasteiger partial charge < -0.3 is 10.1 Å². The monoisotopic (exact) mass is 379 g/mol. The summed E-state index contributed by atoms with van der Waals surface area (Å²) in [7, 11) is 0. The van der Waals surface area contributed by atoms with Gasteiger partial charge in [-0.25, -0.2) is 0 Å². The number of fused-ring (bicyclic) bond motifs is 1. The van der Waals surface area contributed by atoms with Crippen LogP contribution in [-0.4, -0.2) is 13.2 Å². The van der Waals surface area contributed by atoms with E-state index in [2.05, 4.69) is 77.3 Å². The molecule has 1 heterocycles. The van der Waals surface area contributed by atoms with Gasteiger partial charge in [-0.1, -0.05) is 43.3 Å². The molecule has 2 aromatic carbocycles. The van der Waals surface area contributed by atoms with E-state index in [0.29, 0.717) is 0 Å². The summed E-state index contributed by atoms with van der Waals surface area (Å²) in [5.41, 5.74) is 3.90. The SMILES string of the molecule is CCNC(c1ccccc1I)c1cccc2c1OCC2. The van der Waals surface area contributed by atoms with Crippen LogP contribution in [0.3, 0.4) is 0 Å². The van der Waals surface area contributed by atoms with Crippen LogP contribution in [0.1, 0.15) is 29.7 Å². The Balaban J connectivity index is 2.08. The van der Waals surface area contributed by atoms with Gasteiger partial charge in [0.2, 0.25) is 0 Å². The predicted molar refractivity (Wildman–Crippen MR) is 90.3 cm³/mol. The Labute approximate surface area is 133 Å². The predicted octanol–water partition coefficient (Wildman–Crippen LogP) is 3.93. The highest BCUT2D eigenvalue weighted by atomic mass is 127. The van der Waals surface area contributed by atoms with Crippen molar-refractivity contribution in [3.05, 3.63) is 62.7 Å². The zero-order valence-corrected chi connectivity index (χ0v) is 13.7. The average Bonchev–Trinajstić information content (AvgIpc) is 2.94. The number of rotatable bonds is 4. The molecular weight excluding hydrogens is 361 g/mol. The molecular formula is C17H18INO. The summed E-state index contributed by atoms with van der Waals surface area (Å²) in [6, 6.07) is 15.2. The third-order valence-electron chi connectivity index (χ3n) is 3.68. The van der Waals surface area contributed by atoms with E-state index in [1.165, 1.54) is 20.3 Å². The molecule has 0 spiro atoms. The van der Waals surface area contributed by atoms with Crippen LogP contribution in [0.25, 0.3) is 0 Å². The van der Waals surface area contributed by atoms with Gasteiger partial charge in [-0.15, -0.1) is 0 Å². The standard InChI is InChI=1S/C17H18INO/c1-2-19-16(13-7-3-4-9-15(13)18)14-8-5-6-12-10-11-20-17(12)14/h3-9,16,19H,2,10-11H2,1H3. The van der Waals surface area contributed by atoms with Crippen LogP contribution in [0.2, 0.25) is 0 Å². The van der Waals surface area contributed by atoms with E-state index in [1.807, 2.05) is 0 Å². The van der Waals surface area contributed by atoms with Gasteiger partial charge in [-0.3, -0.25) is 0 Å². The van der Waals surface area contributed by atoms with Gasteiger partial charge in [0.05, 0.1) is 12.6 Å². The Hall–Kier alpha value is -1.07. The van der Waals surface area contributed by atoms with Crippen LogP contribution in [0.4, 0.5) is 0 Å². The minimum atomic E-state index is 0.196. The molecule has 0 fully saturated rings. The van der Waals surface area contributed by atoms with Crippen molar-refractivity contribution in [2.45, 2.75) is 19.4 Å². The molecule has 3 rings (SSSR count). The number of hydrogen-bond donors (Lipinski definition) is 1. The first-order valence-corrected chi connectivity index (χ1v) is 8.11. The first-order valence-electron chi connectivity index (χ1n) is 7.03. The van der Waals surface area contributed by atoms with Crippen LogP contribution >= 0.6 is 22.6 Å². The quantitative estimate of drug-likeness (QED) is 0.814. The highest BCUT2D eigenvalue weighted by molar-refractivity contribution is 14.1. The molecule has 0 saturated heterocycles. The Morgan fingerprint density at radius 2 is 1.95 bits per heavy atom. The van der Waals surface area contributed by atoms with Crippen molar-refractivity contribution in [3.8, 4) is 5.75 Å². The molecule has 1 aliphatic rings. The van der Waals surface area contributed by atoms with Crippen LogP contribution in [0.5, 0.6) is 5.75 Å². The summed E-state index contributed by atoms with van der Waals surface area (Å²) in [6.45, 7) is 3.88. The fourth-order valence-corrected chi connectivity index (χ4v) is 3.47. The van der Waals surface area contributed by atoms with Crippen molar-refractivity contribution in [2.75, 3.05) is 13.2 Å². The zero-order valence-electron chi connectivity index (χ0n) is 11.5. The molecule has 0 radical (unpaired) electrons. The van der Waals surface area contributed by atoms with Gasteiger partial charge in [-0.2, -0.15) is 0 Å². The molecule has 1 aliphatic heterocycles. The van der Waals surface area contributed by atoms with Crippen LogP contribution in [-0.2, 0) is 6.42 Å². The molecule has 0 bridgehead atoms. The maximum Gasteiger partial charge on any atom is 0.127 e. The number of halogens is 1. The van der Waals surface area contributed by atoms with E-state index in [4.69, 9.17) is 4.74 Å². The number of hydrogen-bond acceptors (Lipinski definition) is 2. The lowest BCUT2D eigenvalue weighted by atomic mass is 9.96. The van der Waals surface area contributed by atoms with Crippen molar-refractivity contribution in [2.24, 2.45) is 0 Å². The molecule has 3 heteroatoms. The van der Waals surface area contributed by atoms with Gasteiger partial charge in [0.25, 0.3) is 0 Å². The lowest BCUT2D eigenvalue weighted by Crippen LogP contribution is -2.23. The third kappa shape index (κ3) is 2.56. The first kappa shape index (κ1) is 13.9. The lowest BCUT2D eigenvalue weighted by Gasteiger charge is -2.22. The fraction of sp³-hybridized carbons (Fsp3) is 0.294. The van der Waals surface area contributed by atoms with E-state index in [-0.39, 0.29) is 6.04 Å². The summed E-state index contributed by atoms with van der Waals surface area (Å²) in [4.78, 5) is 0. The average molecular weight is 379 g/mol. The van der Waals surface area contributed by atoms with Crippen molar-refractivity contribution < 1.29 is 4.74 Å². The summed E-state index contributed by atoms with van der Waals surface area (Å²) in [5, 5.41) is 3.60. The topological polar surface area (TPSA) is 21.3 Å². The Bertz CT molecular complexity index is 612. The van der Waals surface area contributed by atoms with Crippen molar-refractivity contribution in [3.63, 3.8) is 0 Å². The summed E-state index contributed by atoms with van der Waals surface area (Å²) in [6.07, 6.45) is 1.02. The van der Waals surface area contributed by atoms with Crippen LogP contribution in [0, 0.1) is 3.57 Å². The highest BCUT2D eigenvalue weighted by Crippen LogP contribution is 2.37. The second-order valence-corrected chi connectivity index (χ2v) is 6.11. The molecule has 1 atom stereocenters. The molecule has 1 N–H and O–H groups in total. The molecule has 0 aliphatic carbocycles. The van der Waals surface area contributed by atoms with E-state index in [9.17, 15) is 0 Å². The largest absolute Gasteiger partial charge is 0.493 e. The molecule has 2 aromatic rings. The summed E-state index contributed by atoms with van der Waals surface area (Å²) in [5.74, 6) is 1.08. The Morgan fingerprint density at radius 1 is 1.15 bits per heavy atom. The van der Waals surface area contributed by atoms with Gasteiger partial charge in [-0.05, 0) is 46.3 Å². The van der Waals surface area contributed by atoms with E-state index >= 15 is 0 Å². The minimum Gasteiger partial charge on any atom is -0.493 e. The maximum atomic E-state index is 5.88. The van der Waals surface area contributed by atoms with Gasteiger partial charge >= 0.3 is 0 Å². The van der Waals surface area contributed by atoms with Crippen molar-refractivity contribution in [1.29, 1.82) is 0 Å². The Kier molecular flexibility index (Phi) is 4.27. The maximum absolute atomic E-state index is 5.88. The number of benzene rings is 2. The van der Waals surface area contributed by atoms with Gasteiger partial charge in [0.1, 0.15) is 5.75 Å². The van der Waals surface area contributed by atoms with Crippen LogP contribution in [0.15, 0.2) is 42.5 Å². The van der Waals surface area contributed by atoms with Gasteiger partial charge in [0.15, 0.2) is 0 Å². The smallest absolute Gasteiger partial charge is 0.127 e. The van der Waals surface area contributed by atoms with E-state index in [1.54, 1.807) is 0 Å². The second kappa shape index (κ2) is 6.14. The number of para-hydroxylation sites is 1. The van der Waals surface area contributed by atoms with E-state index in [0.717, 1.165) is 25.3 Å². The molecule has 20 heavy (non-hydrogen) atoms. The summed E-state index contributed by atoms with van der Waals surface area (Å²) < 4.78 is 7.16. The van der Waals surface area contributed by atoms with Crippen molar-refractivity contribution in [1.82, 2.24) is 5.32 Å². The molecule has 0 saturated carbocycles. The third-order valence-corrected chi connectivity index (χ3v) is 4.66. The second-order valence-electron chi connectivity index (χ2n) is 4.95. The zero-order chi connectivity index (χ0) is 13.9. The minimum absolute atomic E-state index is 0.196.